The van der Waals surface area contributed by atoms with Gasteiger partial charge in [-0.15, -0.1) is 0 Å². The lowest BCUT2D eigenvalue weighted by Crippen LogP contribution is -2.01. The van der Waals surface area contributed by atoms with Crippen LogP contribution in [0.3, 0.4) is 0 Å². The van der Waals surface area contributed by atoms with Gasteiger partial charge in [0.15, 0.2) is 0 Å². The summed E-state index contributed by atoms with van der Waals surface area (Å²) >= 11 is 0. The molecule has 2 aromatic heterocycles. The second kappa shape index (κ2) is 4.14. The molecule has 5 heteroatoms. The Bertz CT molecular complexity index is 519. The van der Waals surface area contributed by atoms with Crippen LogP contribution < -0.4 is 0 Å². The van der Waals surface area contributed by atoms with Gasteiger partial charge in [0.25, 0.3) is 0 Å². The largest absolute Gasteiger partial charge is 0.478 e. The Labute approximate surface area is 92.4 Å². The lowest BCUT2D eigenvalue weighted by atomic mass is 10.1. The third kappa shape index (κ3) is 1.79. The average Bonchev–Trinajstić information content (AvgIpc) is 2.77. The van der Waals surface area contributed by atoms with Gasteiger partial charge in [-0.2, -0.15) is 5.10 Å². The number of hydrogen-bond acceptors (Lipinski definition) is 3. The van der Waals surface area contributed by atoms with Gasteiger partial charge in [-0.3, -0.25) is 9.67 Å². The Morgan fingerprint density at radius 1 is 1.50 bits per heavy atom. The molecule has 2 aromatic rings. The Kier molecular flexibility index (Phi) is 2.68. The van der Waals surface area contributed by atoms with Crippen molar-refractivity contribution in [3.8, 4) is 11.3 Å². The van der Waals surface area contributed by atoms with E-state index in [1.165, 1.54) is 6.20 Å². The van der Waals surface area contributed by atoms with Gasteiger partial charge in [-0.1, -0.05) is 0 Å². The van der Waals surface area contributed by atoms with Crippen molar-refractivity contribution in [2.75, 3.05) is 0 Å². The van der Waals surface area contributed by atoms with E-state index >= 15 is 0 Å². The highest BCUT2D eigenvalue weighted by atomic mass is 16.4. The Balaban J connectivity index is 2.48. The molecule has 0 spiro atoms. The summed E-state index contributed by atoms with van der Waals surface area (Å²) in [4.78, 5) is 14.7. The number of aromatic carboxylic acids is 1. The fraction of sp³-hybridized carbons (Fsp3) is 0.182. The third-order valence-corrected chi connectivity index (χ3v) is 2.30. The van der Waals surface area contributed by atoms with E-state index in [1.54, 1.807) is 23.1 Å². The van der Waals surface area contributed by atoms with Crippen LogP contribution in [-0.4, -0.2) is 25.8 Å². The molecule has 0 aliphatic heterocycles. The summed E-state index contributed by atoms with van der Waals surface area (Å²) in [6.45, 7) is 2.71. The van der Waals surface area contributed by atoms with Crippen LogP contribution in [0.5, 0.6) is 0 Å². The van der Waals surface area contributed by atoms with Crippen LogP contribution in [0, 0.1) is 0 Å². The van der Waals surface area contributed by atoms with Crippen LogP contribution in [0.4, 0.5) is 0 Å². The first-order valence-corrected chi connectivity index (χ1v) is 4.93. The molecule has 0 radical (unpaired) electrons. The normalized spacial score (nSPS) is 10.3. The minimum Gasteiger partial charge on any atom is -0.478 e. The van der Waals surface area contributed by atoms with Gasteiger partial charge in [0, 0.05) is 30.7 Å². The van der Waals surface area contributed by atoms with Gasteiger partial charge < -0.3 is 5.11 Å². The van der Waals surface area contributed by atoms with Crippen LogP contribution in [0.25, 0.3) is 11.3 Å². The predicted octanol–water partition coefficient (Wildman–Crippen LogP) is 1.66. The molecule has 0 atom stereocenters. The van der Waals surface area contributed by atoms with Crippen molar-refractivity contribution in [1.29, 1.82) is 0 Å². The van der Waals surface area contributed by atoms with E-state index in [4.69, 9.17) is 5.11 Å². The van der Waals surface area contributed by atoms with Crippen molar-refractivity contribution in [3.63, 3.8) is 0 Å². The molecule has 2 rings (SSSR count). The van der Waals surface area contributed by atoms with Gasteiger partial charge in [-0.05, 0) is 19.1 Å². The molecule has 1 N–H and O–H groups in total. The molecule has 5 nitrogen and oxygen atoms in total. The molecular formula is C11H11N3O2. The molecule has 0 amide bonds. The molecule has 0 saturated carbocycles. The number of aryl methyl sites for hydroxylation is 1. The van der Waals surface area contributed by atoms with Crippen molar-refractivity contribution in [1.82, 2.24) is 14.8 Å². The first-order chi connectivity index (χ1) is 7.72. The minimum absolute atomic E-state index is 0.182. The zero-order valence-corrected chi connectivity index (χ0v) is 8.79. The van der Waals surface area contributed by atoms with E-state index in [2.05, 4.69) is 10.1 Å². The SMILES string of the molecule is CCn1nccc1-c1cncc(C(=O)O)c1. The fourth-order valence-electron chi connectivity index (χ4n) is 1.53. The first kappa shape index (κ1) is 10.4. The minimum atomic E-state index is -0.975. The van der Waals surface area contributed by atoms with Crippen molar-refractivity contribution in [3.05, 3.63) is 36.3 Å². The molecule has 2 heterocycles. The van der Waals surface area contributed by atoms with Crippen molar-refractivity contribution in [2.24, 2.45) is 0 Å². The highest BCUT2D eigenvalue weighted by Gasteiger charge is 2.08. The van der Waals surface area contributed by atoms with Crippen LogP contribution in [0.1, 0.15) is 17.3 Å². The van der Waals surface area contributed by atoms with Crippen molar-refractivity contribution in [2.45, 2.75) is 13.5 Å². The van der Waals surface area contributed by atoms with Crippen LogP contribution in [0.2, 0.25) is 0 Å². The fourth-order valence-corrected chi connectivity index (χ4v) is 1.53. The van der Waals surface area contributed by atoms with Gasteiger partial charge in [0.1, 0.15) is 0 Å². The molecule has 0 saturated heterocycles. The maximum atomic E-state index is 10.8. The third-order valence-electron chi connectivity index (χ3n) is 2.30. The second-order valence-electron chi connectivity index (χ2n) is 3.30. The van der Waals surface area contributed by atoms with Gasteiger partial charge in [0.2, 0.25) is 0 Å². The van der Waals surface area contributed by atoms with Gasteiger partial charge in [-0.25, -0.2) is 4.79 Å². The summed E-state index contributed by atoms with van der Waals surface area (Å²) in [5.41, 5.74) is 1.82. The standard InChI is InChI=1S/C11H11N3O2/c1-2-14-10(3-4-13-14)8-5-9(11(15)16)7-12-6-8/h3-7H,2H2,1H3,(H,15,16). The molecule has 0 aromatic carbocycles. The lowest BCUT2D eigenvalue weighted by Gasteiger charge is -2.04. The van der Waals surface area contributed by atoms with E-state index in [1.807, 2.05) is 13.0 Å². The number of pyridine rings is 1. The number of rotatable bonds is 3. The lowest BCUT2D eigenvalue weighted by molar-refractivity contribution is 0.0696. The molecular weight excluding hydrogens is 206 g/mol. The topological polar surface area (TPSA) is 68.0 Å². The zero-order valence-electron chi connectivity index (χ0n) is 8.79. The first-order valence-electron chi connectivity index (χ1n) is 4.93. The molecule has 0 aliphatic rings. The van der Waals surface area contributed by atoms with E-state index in [9.17, 15) is 4.79 Å². The summed E-state index contributed by atoms with van der Waals surface area (Å²) in [5, 5.41) is 13.0. The molecule has 16 heavy (non-hydrogen) atoms. The molecule has 0 bridgehead atoms. The predicted molar refractivity (Wildman–Crippen MR) is 58.1 cm³/mol. The second-order valence-corrected chi connectivity index (χ2v) is 3.30. The summed E-state index contributed by atoms with van der Waals surface area (Å²) in [6.07, 6.45) is 4.65. The number of aromatic nitrogens is 3. The zero-order chi connectivity index (χ0) is 11.5. The Morgan fingerprint density at radius 3 is 3.00 bits per heavy atom. The Hall–Kier alpha value is -2.17. The molecule has 0 fully saturated rings. The molecule has 82 valence electrons. The number of nitrogens with zero attached hydrogens (tertiary/aromatic N) is 3. The smallest absolute Gasteiger partial charge is 0.337 e. The van der Waals surface area contributed by atoms with E-state index in [0.29, 0.717) is 0 Å². The average molecular weight is 217 g/mol. The monoisotopic (exact) mass is 217 g/mol. The highest BCUT2D eigenvalue weighted by molar-refractivity contribution is 5.88. The van der Waals surface area contributed by atoms with Crippen molar-refractivity contribution < 1.29 is 9.90 Å². The highest BCUT2D eigenvalue weighted by Crippen LogP contribution is 2.18. The van der Waals surface area contributed by atoms with E-state index in [-0.39, 0.29) is 5.56 Å². The summed E-state index contributed by atoms with van der Waals surface area (Å²) in [7, 11) is 0. The summed E-state index contributed by atoms with van der Waals surface area (Å²) < 4.78 is 1.79. The number of hydrogen-bond donors (Lipinski definition) is 1. The number of carbonyl (C=O) groups is 1. The maximum Gasteiger partial charge on any atom is 0.337 e. The summed E-state index contributed by atoms with van der Waals surface area (Å²) in [6, 6.07) is 3.44. The maximum absolute atomic E-state index is 10.8. The van der Waals surface area contributed by atoms with Gasteiger partial charge in [0.05, 0.1) is 11.3 Å². The number of carboxylic acid groups (broad SMARTS) is 1. The van der Waals surface area contributed by atoms with Crippen LogP contribution in [0.15, 0.2) is 30.7 Å². The summed E-state index contributed by atoms with van der Waals surface area (Å²) in [5.74, 6) is -0.975. The van der Waals surface area contributed by atoms with Crippen LogP contribution in [-0.2, 0) is 6.54 Å². The molecule has 0 aliphatic carbocycles. The van der Waals surface area contributed by atoms with E-state index < -0.39 is 5.97 Å². The molecule has 0 unspecified atom stereocenters. The van der Waals surface area contributed by atoms with Crippen LogP contribution >= 0.6 is 0 Å². The Morgan fingerprint density at radius 2 is 2.31 bits per heavy atom. The quantitative estimate of drug-likeness (QED) is 0.849. The van der Waals surface area contributed by atoms with Crippen molar-refractivity contribution >= 4 is 5.97 Å². The van der Waals surface area contributed by atoms with Gasteiger partial charge >= 0.3 is 5.97 Å². The number of carboxylic acids is 1. The van der Waals surface area contributed by atoms with E-state index in [0.717, 1.165) is 17.8 Å².